The van der Waals surface area contributed by atoms with Crippen molar-refractivity contribution in [3.05, 3.63) is 59.7 Å². The minimum atomic E-state index is -3.93. The van der Waals surface area contributed by atoms with Crippen LogP contribution in [0.15, 0.2) is 53.4 Å². The van der Waals surface area contributed by atoms with Gasteiger partial charge in [0.2, 0.25) is 11.8 Å². The molecule has 0 aromatic heterocycles. The molecule has 9 nitrogen and oxygen atoms in total. The van der Waals surface area contributed by atoms with Gasteiger partial charge in [-0.3, -0.25) is 14.4 Å². The number of carbonyl (C=O) groups is 3. The van der Waals surface area contributed by atoms with Crippen LogP contribution >= 0.6 is 0 Å². The molecule has 0 fully saturated rings. The summed E-state index contributed by atoms with van der Waals surface area (Å²) >= 11 is 0. The summed E-state index contributed by atoms with van der Waals surface area (Å²) in [4.78, 5) is 39.6. The van der Waals surface area contributed by atoms with Gasteiger partial charge in [0.25, 0.3) is 15.9 Å². The van der Waals surface area contributed by atoms with Crippen LogP contribution in [0.2, 0.25) is 0 Å². The van der Waals surface area contributed by atoms with E-state index >= 15 is 0 Å². The van der Waals surface area contributed by atoms with E-state index in [1.807, 2.05) is 6.07 Å². The van der Waals surface area contributed by atoms with Crippen LogP contribution in [0.5, 0.6) is 5.75 Å². The fourth-order valence-corrected chi connectivity index (χ4v) is 5.45. The maximum Gasteiger partial charge on any atom is 0.269 e. The van der Waals surface area contributed by atoms with Crippen molar-refractivity contribution in [1.29, 1.82) is 0 Å². The lowest BCUT2D eigenvalue weighted by molar-refractivity contribution is -0.140. The summed E-state index contributed by atoms with van der Waals surface area (Å²) < 4.78 is 31.5. The van der Waals surface area contributed by atoms with E-state index in [-0.39, 0.29) is 48.2 Å². The van der Waals surface area contributed by atoms with Gasteiger partial charge in [0, 0.05) is 26.1 Å². The minimum absolute atomic E-state index is 0.0177. The molecule has 0 saturated carbocycles. The molecular weight excluding hydrogens is 458 g/mol. The molecule has 3 amide bonds. The number of likely N-dealkylation sites (N-methyl/N-ethyl adjacent to an activating group) is 1. The summed E-state index contributed by atoms with van der Waals surface area (Å²) in [6.07, 6.45) is 0.109. The van der Waals surface area contributed by atoms with Crippen molar-refractivity contribution >= 4 is 27.7 Å². The average Bonchev–Trinajstić information content (AvgIpc) is 3.03. The predicted octanol–water partition coefficient (Wildman–Crippen LogP) is 2.17. The van der Waals surface area contributed by atoms with Crippen molar-refractivity contribution in [1.82, 2.24) is 14.5 Å². The van der Waals surface area contributed by atoms with Crippen molar-refractivity contribution < 1.29 is 27.5 Å². The third-order valence-electron chi connectivity index (χ3n) is 5.67. The van der Waals surface area contributed by atoms with Gasteiger partial charge in [-0.25, -0.2) is 12.7 Å². The molecule has 1 atom stereocenters. The van der Waals surface area contributed by atoms with Crippen LogP contribution in [0, 0.1) is 0 Å². The lowest BCUT2D eigenvalue weighted by atomic mass is 10.1. The normalized spacial score (nSPS) is 14.9. The van der Waals surface area contributed by atoms with E-state index in [0.29, 0.717) is 12.3 Å². The van der Waals surface area contributed by atoms with E-state index < -0.39 is 22.0 Å². The summed E-state index contributed by atoms with van der Waals surface area (Å²) in [5.74, 6) is -0.561. The van der Waals surface area contributed by atoms with Gasteiger partial charge in [-0.1, -0.05) is 24.3 Å². The fraction of sp³-hybridized carbons (Fsp3) is 0.375. The summed E-state index contributed by atoms with van der Waals surface area (Å²) in [7, 11) is -2.38. The summed E-state index contributed by atoms with van der Waals surface area (Å²) in [6, 6.07) is 12.5. The lowest BCUT2D eigenvalue weighted by Gasteiger charge is -2.29. The molecule has 1 aliphatic rings. The van der Waals surface area contributed by atoms with E-state index in [1.54, 1.807) is 51.3 Å². The van der Waals surface area contributed by atoms with Gasteiger partial charge in [0.05, 0.1) is 12.7 Å². The first-order chi connectivity index (χ1) is 16.2. The molecule has 2 aromatic carbocycles. The fourth-order valence-electron chi connectivity index (χ4n) is 3.84. The molecule has 0 radical (unpaired) electrons. The summed E-state index contributed by atoms with van der Waals surface area (Å²) in [5.41, 5.74) is 0.926. The topological polar surface area (TPSA) is 113 Å². The Morgan fingerprint density at radius 3 is 2.56 bits per heavy atom. The molecule has 1 aliphatic heterocycles. The van der Waals surface area contributed by atoms with Gasteiger partial charge in [-0.05, 0) is 50.1 Å². The number of benzene rings is 2. The Morgan fingerprint density at radius 2 is 1.88 bits per heavy atom. The van der Waals surface area contributed by atoms with Gasteiger partial charge in [0.1, 0.15) is 16.7 Å². The van der Waals surface area contributed by atoms with Crippen LogP contribution in [0.4, 0.5) is 0 Å². The van der Waals surface area contributed by atoms with Crippen molar-refractivity contribution in [2.24, 2.45) is 0 Å². The molecule has 0 spiro atoms. The molecule has 1 heterocycles. The molecule has 10 heteroatoms. The van der Waals surface area contributed by atoms with Crippen LogP contribution in [-0.4, -0.2) is 61.6 Å². The van der Waals surface area contributed by atoms with Crippen LogP contribution < -0.4 is 10.1 Å². The number of methoxy groups -OCH3 is 1. The highest BCUT2D eigenvalue weighted by molar-refractivity contribution is 7.90. The first-order valence-corrected chi connectivity index (χ1v) is 12.5. The predicted molar refractivity (Wildman–Crippen MR) is 126 cm³/mol. The molecule has 1 unspecified atom stereocenters. The van der Waals surface area contributed by atoms with Crippen molar-refractivity contribution in [2.45, 2.75) is 44.2 Å². The highest BCUT2D eigenvalue weighted by Crippen LogP contribution is 2.30. The molecule has 0 bridgehead atoms. The number of amides is 3. The number of rotatable bonds is 10. The largest absolute Gasteiger partial charge is 0.497 e. The number of hydrogen-bond donors (Lipinski definition) is 1. The van der Waals surface area contributed by atoms with Gasteiger partial charge < -0.3 is 15.0 Å². The zero-order chi connectivity index (χ0) is 24.9. The third kappa shape index (κ3) is 5.22. The SMILES string of the molecule is CCNC(=O)C(C)N(Cc1cccc(OC)c1)C(=O)CCCN1C(=O)c2ccccc2S1(=O)=O. The van der Waals surface area contributed by atoms with E-state index in [1.165, 1.54) is 17.0 Å². The van der Waals surface area contributed by atoms with Gasteiger partial charge in [-0.15, -0.1) is 0 Å². The number of sulfonamides is 1. The van der Waals surface area contributed by atoms with Gasteiger partial charge in [0.15, 0.2) is 0 Å². The van der Waals surface area contributed by atoms with Crippen molar-refractivity contribution in [2.75, 3.05) is 20.2 Å². The third-order valence-corrected chi connectivity index (χ3v) is 7.51. The average molecular weight is 488 g/mol. The molecule has 34 heavy (non-hydrogen) atoms. The van der Waals surface area contributed by atoms with E-state index in [2.05, 4.69) is 5.32 Å². The monoisotopic (exact) mass is 487 g/mol. The smallest absolute Gasteiger partial charge is 0.269 e. The number of nitrogens with one attached hydrogen (secondary N) is 1. The molecule has 0 saturated heterocycles. The Labute approximate surface area is 199 Å². The van der Waals surface area contributed by atoms with Crippen LogP contribution in [-0.2, 0) is 26.2 Å². The highest BCUT2D eigenvalue weighted by Gasteiger charge is 2.40. The number of fused-ring (bicyclic) bond motifs is 1. The quantitative estimate of drug-likeness (QED) is 0.550. The number of nitrogens with zero attached hydrogens (tertiary/aromatic N) is 2. The highest BCUT2D eigenvalue weighted by atomic mass is 32.2. The first-order valence-electron chi connectivity index (χ1n) is 11.1. The molecular formula is C24H29N3O6S. The van der Waals surface area contributed by atoms with Gasteiger partial charge in [-0.2, -0.15) is 0 Å². The molecule has 2 aromatic rings. The molecule has 3 rings (SSSR count). The van der Waals surface area contributed by atoms with Crippen LogP contribution in [0.1, 0.15) is 42.6 Å². The Hall–Kier alpha value is -3.40. The molecule has 182 valence electrons. The maximum absolute atomic E-state index is 13.1. The van der Waals surface area contributed by atoms with Crippen molar-refractivity contribution in [3.8, 4) is 5.75 Å². The zero-order valence-corrected chi connectivity index (χ0v) is 20.3. The lowest BCUT2D eigenvalue weighted by Crippen LogP contribution is -2.47. The van der Waals surface area contributed by atoms with Gasteiger partial charge >= 0.3 is 0 Å². The zero-order valence-electron chi connectivity index (χ0n) is 19.5. The summed E-state index contributed by atoms with van der Waals surface area (Å²) in [6.45, 7) is 3.93. The number of carbonyl (C=O) groups excluding carboxylic acids is 3. The Bertz CT molecular complexity index is 1180. The maximum atomic E-state index is 13.1. The number of ether oxygens (including phenoxy) is 1. The van der Waals surface area contributed by atoms with E-state index in [4.69, 9.17) is 4.74 Å². The van der Waals surface area contributed by atoms with Crippen LogP contribution in [0.25, 0.3) is 0 Å². The van der Waals surface area contributed by atoms with E-state index in [9.17, 15) is 22.8 Å². The first kappa shape index (κ1) is 25.2. The Balaban J connectivity index is 1.71. The number of hydrogen-bond acceptors (Lipinski definition) is 6. The second-order valence-corrected chi connectivity index (χ2v) is 9.76. The second-order valence-electron chi connectivity index (χ2n) is 7.93. The standard InChI is InChI=1S/C24H29N3O6S/c1-4-25-23(29)17(2)26(16-18-9-7-10-19(15-18)33-3)22(28)13-8-14-27-24(30)20-11-5-6-12-21(20)34(27,31)32/h5-7,9-12,15,17H,4,8,13-14,16H2,1-3H3,(H,25,29). The second kappa shape index (κ2) is 10.7. The minimum Gasteiger partial charge on any atom is -0.497 e. The summed E-state index contributed by atoms with van der Waals surface area (Å²) in [5, 5.41) is 2.73. The molecule has 1 N–H and O–H groups in total. The van der Waals surface area contributed by atoms with Crippen LogP contribution in [0.3, 0.4) is 0 Å². The Morgan fingerprint density at radius 1 is 1.15 bits per heavy atom. The van der Waals surface area contributed by atoms with Crippen molar-refractivity contribution in [3.63, 3.8) is 0 Å². The Kier molecular flexibility index (Phi) is 7.93. The molecule has 0 aliphatic carbocycles. The van der Waals surface area contributed by atoms with E-state index in [0.717, 1.165) is 9.87 Å².